The van der Waals surface area contributed by atoms with E-state index in [0.29, 0.717) is 105 Å². The van der Waals surface area contributed by atoms with Crippen molar-refractivity contribution in [3.8, 4) is 0 Å². The van der Waals surface area contributed by atoms with Crippen molar-refractivity contribution >= 4 is 11.9 Å². The Bertz CT molecular complexity index is 1120. The fourth-order valence-corrected chi connectivity index (χ4v) is 7.35. The van der Waals surface area contributed by atoms with E-state index < -0.39 is 0 Å². The molecule has 0 aromatic heterocycles. The highest BCUT2D eigenvalue weighted by Gasteiger charge is 2.55. The van der Waals surface area contributed by atoms with Gasteiger partial charge in [0.15, 0.2) is 0 Å². The van der Waals surface area contributed by atoms with Crippen molar-refractivity contribution in [3.63, 3.8) is 0 Å². The number of carbonyl (C=O) groups is 2. The number of nitrogens with zero attached hydrogens (tertiary/aromatic N) is 3. The van der Waals surface area contributed by atoms with Crippen LogP contribution in [-0.2, 0) is 43.5 Å². The fourth-order valence-electron chi connectivity index (χ4n) is 7.35. The van der Waals surface area contributed by atoms with Crippen molar-refractivity contribution in [3.05, 3.63) is 35.9 Å². The third-order valence-electron chi connectivity index (χ3n) is 10.6. The first-order valence-electron chi connectivity index (χ1n) is 18.9. The summed E-state index contributed by atoms with van der Waals surface area (Å²) in [5.41, 5.74) is 1.07. The summed E-state index contributed by atoms with van der Waals surface area (Å²) in [6.45, 7) is 8.34. The predicted octanol–water partition coefficient (Wildman–Crippen LogP) is 3.16. The molecular weight excluding hydrogens is 656 g/mol. The molecular formula is C38H64N4O9. The molecule has 1 aromatic carbocycles. The second kappa shape index (κ2) is 22.7. The van der Waals surface area contributed by atoms with Gasteiger partial charge in [-0.15, -0.1) is 0 Å². The van der Waals surface area contributed by atoms with Crippen molar-refractivity contribution in [2.24, 2.45) is 5.92 Å². The van der Waals surface area contributed by atoms with Crippen LogP contribution < -0.4 is 5.32 Å². The van der Waals surface area contributed by atoms with Gasteiger partial charge in [0.2, 0.25) is 5.91 Å². The van der Waals surface area contributed by atoms with E-state index in [-0.39, 0.29) is 29.6 Å². The first-order valence-corrected chi connectivity index (χ1v) is 18.9. The summed E-state index contributed by atoms with van der Waals surface area (Å²) < 4.78 is 37.8. The minimum Gasteiger partial charge on any atom is -0.382 e. The molecule has 1 heterocycles. The third-order valence-corrected chi connectivity index (χ3v) is 10.6. The van der Waals surface area contributed by atoms with Crippen LogP contribution in [0.5, 0.6) is 0 Å². The van der Waals surface area contributed by atoms with Crippen LogP contribution in [0, 0.1) is 5.92 Å². The number of methoxy groups -OCH3 is 1. The number of carbonyl (C=O) groups excluding carboxylic acids is 2. The molecule has 1 aromatic rings. The average molecular weight is 721 g/mol. The maximum absolute atomic E-state index is 13.8. The molecule has 0 unspecified atom stereocenters. The smallest absolute Gasteiger partial charge is 0.321 e. The molecule has 1 saturated heterocycles. The summed E-state index contributed by atoms with van der Waals surface area (Å²) in [5, 5.41) is 2.93. The van der Waals surface area contributed by atoms with Gasteiger partial charge in [0.1, 0.15) is 6.54 Å². The largest absolute Gasteiger partial charge is 0.382 e. The van der Waals surface area contributed by atoms with E-state index in [1.54, 1.807) is 12.0 Å². The lowest BCUT2D eigenvalue weighted by Gasteiger charge is -2.51. The van der Waals surface area contributed by atoms with Gasteiger partial charge in [-0.2, -0.15) is 0 Å². The summed E-state index contributed by atoms with van der Waals surface area (Å²) in [4.78, 5) is 33.0. The SMILES string of the molecule is COCCOCCOCCOCCOCCOCCOCCNC(=O)CN1C[C@]2(CC[C@](c3ccccc3)(N(C)C)CC2)N(CC2CCC2)C1=O. The van der Waals surface area contributed by atoms with E-state index in [4.69, 9.17) is 33.2 Å². The molecule has 1 N–H and O–H groups in total. The molecule has 290 valence electrons. The number of nitrogens with one attached hydrogen (secondary N) is 1. The van der Waals surface area contributed by atoms with Crippen molar-refractivity contribution in [2.75, 3.05) is 133 Å². The van der Waals surface area contributed by atoms with Gasteiger partial charge in [0.25, 0.3) is 0 Å². The molecule has 2 saturated carbocycles. The lowest BCUT2D eigenvalue weighted by Crippen LogP contribution is -2.56. The second-order valence-corrected chi connectivity index (χ2v) is 14.1. The van der Waals surface area contributed by atoms with E-state index in [0.717, 1.165) is 32.2 Å². The van der Waals surface area contributed by atoms with Crippen LogP contribution in [0.1, 0.15) is 50.5 Å². The van der Waals surface area contributed by atoms with Gasteiger partial charge in [-0.25, -0.2) is 4.79 Å². The van der Waals surface area contributed by atoms with Gasteiger partial charge in [-0.1, -0.05) is 36.8 Å². The molecule has 3 aliphatic rings. The first kappa shape index (κ1) is 41.4. The molecule has 0 atom stereocenters. The minimum absolute atomic E-state index is 0.0140. The van der Waals surface area contributed by atoms with Crippen molar-refractivity contribution in [1.29, 1.82) is 0 Å². The number of rotatable bonds is 27. The Balaban J connectivity index is 1.04. The van der Waals surface area contributed by atoms with E-state index in [2.05, 4.69) is 59.5 Å². The summed E-state index contributed by atoms with van der Waals surface area (Å²) in [6.07, 6.45) is 7.43. The minimum atomic E-state index is -0.223. The van der Waals surface area contributed by atoms with Crippen LogP contribution >= 0.6 is 0 Å². The van der Waals surface area contributed by atoms with Crippen LogP contribution in [-0.4, -0.2) is 165 Å². The number of ether oxygens (including phenoxy) is 7. The summed E-state index contributed by atoms with van der Waals surface area (Å²) in [7, 11) is 5.99. The van der Waals surface area contributed by atoms with Gasteiger partial charge >= 0.3 is 6.03 Å². The van der Waals surface area contributed by atoms with Gasteiger partial charge in [-0.05, 0) is 64.1 Å². The van der Waals surface area contributed by atoms with Gasteiger partial charge in [0.05, 0.1) is 91.4 Å². The molecule has 51 heavy (non-hydrogen) atoms. The Labute approximate surface area is 305 Å². The van der Waals surface area contributed by atoms with E-state index in [9.17, 15) is 9.59 Å². The number of hydrogen-bond acceptors (Lipinski definition) is 10. The average Bonchev–Trinajstić information content (AvgIpc) is 3.36. The highest BCUT2D eigenvalue weighted by molar-refractivity contribution is 5.86. The van der Waals surface area contributed by atoms with E-state index >= 15 is 0 Å². The predicted molar refractivity (Wildman–Crippen MR) is 194 cm³/mol. The maximum Gasteiger partial charge on any atom is 0.321 e. The van der Waals surface area contributed by atoms with Gasteiger partial charge in [-0.3, -0.25) is 9.69 Å². The fraction of sp³-hybridized carbons (Fsp3) is 0.789. The molecule has 3 amide bonds. The maximum atomic E-state index is 13.8. The zero-order valence-electron chi connectivity index (χ0n) is 31.5. The van der Waals surface area contributed by atoms with Crippen LogP contribution in [0.25, 0.3) is 0 Å². The Hall–Kier alpha value is -2.36. The van der Waals surface area contributed by atoms with Crippen LogP contribution in [0.15, 0.2) is 30.3 Å². The number of urea groups is 1. The third kappa shape index (κ3) is 12.9. The molecule has 0 radical (unpaired) electrons. The topological polar surface area (TPSA) is 120 Å². The zero-order chi connectivity index (χ0) is 36.2. The molecule has 4 rings (SSSR count). The van der Waals surface area contributed by atoms with Gasteiger partial charge < -0.3 is 48.3 Å². The van der Waals surface area contributed by atoms with Gasteiger partial charge in [0, 0.05) is 32.3 Å². The highest BCUT2D eigenvalue weighted by atomic mass is 16.6. The molecule has 13 nitrogen and oxygen atoms in total. The number of hydrogen-bond donors (Lipinski definition) is 1. The van der Waals surface area contributed by atoms with Crippen molar-refractivity contribution in [2.45, 2.75) is 56.0 Å². The summed E-state index contributed by atoms with van der Waals surface area (Å²) in [5.74, 6) is 0.422. The van der Waals surface area contributed by atoms with Crippen LogP contribution in [0.2, 0.25) is 0 Å². The van der Waals surface area contributed by atoms with Crippen molar-refractivity contribution in [1.82, 2.24) is 20.0 Å². The number of benzene rings is 1. The lowest BCUT2D eigenvalue weighted by molar-refractivity contribution is -0.121. The molecule has 13 heteroatoms. The molecule has 2 aliphatic carbocycles. The Morgan fingerprint density at radius 2 is 1.27 bits per heavy atom. The molecule has 3 fully saturated rings. The standard InChI is InChI=1S/C38H64N4O9/c1-40(2)38(34-10-5-4-6-11-34)14-12-37(13-15-38)32-41(36(44)42(37)30-33-8-7-9-33)31-35(43)39-16-17-46-20-21-48-24-25-50-28-29-51-27-26-49-23-22-47-19-18-45-3/h4-6,10-11,33H,7-9,12-32H2,1-3H3,(H,39,43)/t37-,38+. The second-order valence-electron chi connectivity index (χ2n) is 14.1. The summed E-state index contributed by atoms with van der Waals surface area (Å²) >= 11 is 0. The van der Waals surface area contributed by atoms with E-state index in [1.165, 1.54) is 24.8 Å². The Morgan fingerprint density at radius 1 is 0.765 bits per heavy atom. The Morgan fingerprint density at radius 3 is 1.75 bits per heavy atom. The van der Waals surface area contributed by atoms with Crippen molar-refractivity contribution < 1.29 is 42.7 Å². The highest BCUT2D eigenvalue weighted by Crippen LogP contribution is 2.49. The normalized spacial score (nSPS) is 22.3. The van der Waals surface area contributed by atoms with Crippen LogP contribution in [0.4, 0.5) is 4.79 Å². The Kier molecular flexibility index (Phi) is 18.4. The number of amides is 3. The molecule has 1 spiro atoms. The molecule has 1 aliphatic heterocycles. The molecule has 0 bridgehead atoms. The quantitative estimate of drug-likeness (QED) is 0.136. The van der Waals surface area contributed by atoms with E-state index in [1.807, 2.05) is 0 Å². The first-order chi connectivity index (χ1) is 24.9. The zero-order valence-corrected chi connectivity index (χ0v) is 31.5. The lowest BCUT2D eigenvalue weighted by atomic mass is 9.68. The monoisotopic (exact) mass is 720 g/mol. The van der Waals surface area contributed by atoms with Crippen LogP contribution in [0.3, 0.4) is 0 Å². The summed E-state index contributed by atoms with van der Waals surface area (Å²) in [6, 6.07) is 10.8.